The molecule has 0 saturated heterocycles. The minimum atomic E-state index is -1.89. The van der Waals surface area contributed by atoms with E-state index in [2.05, 4.69) is 86.1 Å². The first-order chi connectivity index (χ1) is 18.8. The number of nitrogens with zero attached hydrogens (tertiary/aromatic N) is 3. The quantitative estimate of drug-likeness (QED) is 0.162. The Labute approximate surface area is 243 Å². The van der Waals surface area contributed by atoms with Crippen LogP contribution >= 0.6 is 0 Å². The molecule has 0 spiro atoms. The lowest BCUT2D eigenvalue weighted by Gasteiger charge is -2.60. The molecule has 3 saturated carbocycles. The maximum atomic E-state index is 7.18. The fourth-order valence-electron chi connectivity index (χ4n) is 8.19. The van der Waals surface area contributed by atoms with Gasteiger partial charge in [0, 0.05) is 16.7 Å². The number of allylic oxidation sites excluding steroid dienone is 4. The number of oxime groups is 3. The largest absolute Gasteiger partial charge is 0.414 e. The Morgan fingerprint density at radius 2 is 1.75 bits per heavy atom. The fourth-order valence-corrected chi connectivity index (χ4v) is 9.91. The van der Waals surface area contributed by atoms with E-state index in [0.717, 1.165) is 43.5 Å². The van der Waals surface area contributed by atoms with Gasteiger partial charge in [-0.25, -0.2) is 0 Å². The van der Waals surface area contributed by atoms with E-state index in [1.54, 1.807) is 21.3 Å². The molecule has 3 fully saturated rings. The SMILES string of the molecule is CO/N=C1/C=C[C@@]2(C)C(=C1)CC[C@@H]1[C@@H]2[C@@H](O[Si](C)(C)C)C[C@]2(/C=N/OC)[C@@H](/C(CO[Si](C)(C)C)=N\OC)CC[C@@H]12. The van der Waals surface area contributed by atoms with E-state index in [9.17, 15) is 0 Å². The topological polar surface area (TPSA) is 83.2 Å². The summed E-state index contributed by atoms with van der Waals surface area (Å²) in [7, 11) is 1.24. The van der Waals surface area contributed by atoms with E-state index in [1.165, 1.54) is 5.57 Å². The van der Waals surface area contributed by atoms with Crippen molar-refractivity contribution in [2.45, 2.75) is 84.4 Å². The van der Waals surface area contributed by atoms with Crippen molar-refractivity contribution in [2.75, 3.05) is 27.9 Å². The smallest absolute Gasteiger partial charge is 0.184 e. The molecule has 7 atom stereocenters. The fraction of sp³-hybridized carbons (Fsp3) is 0.767. The van der Waals surface area contributed by atoms with Crippen LogP contribution in [0.25, 0.3) is 0 Å². The third-order valence-electron chi connectivity index (χ3n) is 9.46. The van der Waals surface area contributed by atoms with Gasteiger partial charge in [0.15, 0.2) is 16.6 Å². The molecule has 0 bridgehead atoms. The van der Waals surface area contributed by atoms with E-state index in [-0.39, 0.29) is 22.9 Å². The first kappa shape index (κ1) is 31.2. The molecule has 0 aromatic rings. The molecule has 0 N–H and O–H groups in total. The molecule has 0 unspecified atom stereocenters. The van der Waals surface area contributed by atoms with Gasteiger partial charge in [0.05, 0.1) is 24.6 Å². The first-order valence-corrected chi connectivity index (χ1v) is 21.6. The summed E-state index contributed by atoms with van der Waals surface area (Å²) in [5, 5.41) is 13.3. The van der Waals surface area contributed by atoms with E-state index in [0.29, 0.717) is 24.4 Å². The normalized spacial score (nSPS) is 37.1. The number of rotatable bonds is 10. The van der Waals surface area contributed by atoms with Crippen LogP contribution in [0.1, 0.15) is 39.0 Å². The molecule has 40 heavy (non-hydrogen) atoms. The monoisotopic (exact) mass is 589 g/mol. The number of fused-ring (bicyclic) bond motifs is 5. The van der Waals surface area contributed by atoms with Crippen LogP contribution in [-0.2, 0) is 23.4 Å². The molecule has 4 aliphatic rings. The van der Waals surface area contributed by atoms with Crippen molar-refractivity contribution >= 4 is 34.3 Å². The first-order valence-electron chi connectivity index (χ1n) is 14.8. The van der Waals surface area contributed by atoms with Gasteiger partial charge in [-0.15, -0.1) is 0 Å². The summed E-state index contributed by atoms with van der Waals surface area (Å²) >= 11 is 0. The summed E-state index contributed by atoms with van der Waals surface area (Å²) in [6.07, 6.45) is 14.1. The molecule has 8 nitrogen and oxygen atoms in total. The lowest BCUT2D eigenvalue weighted by molar-refractivity contribution is -0.0834. The van der Waals surface area contributed by atoms with Crippen molar-refractivity contribution in [1.82, 2.24) is 0 Å². The summed E-state index contributed by atoms with van der Waals surface area (Å²) in [6.45, 7) is 16.5. The van der Waals surface area contributed by atoms with Crippen molar-refractivity contribution in [3.8, 4) is 0 Å². The minimum absolute atomic E-state index is 0.0813. The van der Waals surface area contributed by atoms with Gasteiger partial charge in [0.2, 0.25) is 0 Å². The molecule has 0 amide bonds. The van der Waals surface area contributed by atoms with Gasteiger partial charge in [-0.1, -0.05) is 34.0 Å². The van der Waals surface area contributed by atoms with Crippen molar-refractivity contribution in [1.29, 1.82) is 0 Å². The second-order valence-electron chi connectivity index (χ2n) is 14.1. The molecule has 10 heteroatoms. The highest BCUT2D eigenvalue weighted by atomic mass is 28.4. The molecule has 0 aromatic carbocycles. The van der Waals surface area contributed by atoms with Gasteiger partial charge in [-0.3, -0.25) is 0 Å². The van der Waals surface area contributed by atoms with Gasteiger partial charge >= 0.3 is 0 Å². The Kier molecular flexibility index (Phi) is 9.24. The predicted molar refractivity (Wildman–Crippen MR) is 167 cm³/mol. The van der Waals surface area contributed by atoms with Gasteiger partial charge in [0.1, 0.15) is 27.0 Å². The van der Waals surface area contributed by atoms with Crippen LogP contribution in [0.3, 0.4) is 0 Å². The van der Waals surface area contributed by atoms with Crippen LogP contribution in [0.4, 0.5) is 0 Å². The van der Waals surface area contributed by atoms with Crippen LogP contribution in [-0.4, -0.2) is 68.3 Å². The molecule has 224 valence electrons. The zero-order valence-corrected chi connectivity index (χ0v) is 28.3. The van der Waals surface area contributed by atoms with Crippen LogP contribution in [0.2, 0.25) is 39.3 Å². The molecule has 4 rings (SSSR count). The Balaban J connectivity index is 1.81. The summed E-state index contributed by atoms with van der Waals surface area (Å²) in [5.74, 6) is 1.46. The second-order valence-corrected chi connectivity index (χ2v) is 23.1. The van der Waals surface area contributed by atoms with E-state index < -0.39 is 16.6 Å². The van der Waals surface area contributed by atoms with Crippen molar-refractivity contribution in [2.24, 2.45) is 50.0 Å². The highest BCUT2D eigenvalue weighted by Gasteiger charge is 2.64. The van der Waals surface area contributed by atoms with Crippen molar-refractivity contribution in [3.63, 3.8) is 0 Å². The Morgan fingerprint density at radius 1 is 1.00 bits per heavy atom. The third-order valence-corrected chi connectivity index (χ3v) is 11.5. The molecule has 0 heterocycles. The standard InChI is InChI=1S/C30H51N3O5Si2/c1-29-16-15-22(32-35-3)17-21(29)11-12-23-24-13-14-25(26(33-36-4)19-37-39(5,6)7)30(24,20-31-34-2)18-27(28(23)29)38-40(8,9)10/h15-17,20,23-25,27-28H,11-14,18-19H2,1-10H3/b31-20+,32-22-,33-26-/t23-,24-,25+,27-,28+,29-,30+/m0/s1. The van der Waals surface area contributed by atoms with Gasteiger partial charge in [-0.05, 0) is 101 Å². The van der Waals surface area contributed by atoms with Crippen molar-refractivity contribution < 1.29 is 23.4 Å². The lowest BCUT2D eigenvalue weighted by Crippen LogP contribution is -2.60. The summed E-state index contributed by atoms with van der Waals surface area (Å²) in [4.78, 5) is 15.9. The average Bonchev–Trinajstić information content (AvgIpc) is 3.23. The van der Waals surface area contributed by atoms with Gasteiger partial charge in [0.25, 0.3) is 0 Å². The highest BCUT2D eigenvalue weighted by Crippen LogP contribution is 2.66. The second kappa shape index (κ2) is 11.9. The highest BCUT2D eigenvalue weighted by molar-refractivity contribution is 6.70. The molecule has 0 aromatic heterocycles. The number of hydrogen-bond donors (Lipinski definition) is 0. The van der Waals surface area contributed by atoms with Gasteiger partial charge < -0.3 is 23.4 Å². The predicted octanol–water partition coefficient (Wildman–Crippen LogP) is 6.64. The Morgan fingerprint density at radius 3 is 2.38 bits per heavy atom. The minimum Gasteiger partial charge on any atom is -0.414 e. The van der Waals surface area contributed by atoms with Gasteiger partial charge in [-0.2, -0.15) is 0 Å². The zero-order valence-electron chi connectivity index (χ0n) is 26.3. The average molecular weight is 590 g/mol. The van der Waals surface area contributed by atoms with Crippen LogP contribution in [0.15, 0.2) is 39.3 Å². The van der Waals surface area contributed by atoms with E-state index >= 15 is 0 Å². The zero-order chi connectivity index (χ0) is 29.3. The number of hydrogen-bond acceptors (Lipinski definition) is 8. The third kappa shape index (κ3) is 6.20. The van der Waals surface area contributed by atoms with Crippen LogP contribution in [0.5, 0.6) is 0 Å². The van der Waals surface area contributed by atoms with Crippen LogP contribution < -0.4 is 0 Å². The maximum absolute atomic E-state index is 7.18. The van der Waals surface area contributed by atoms with E-state index in [1.807, 2.05) is 0 Å². The summed E-state index contributed by atoms with van der Waals surface area (Å²) < 4.78 is 13.6. The van der Waals surface area contributed by atoms with E-state index in [4.69, 9.17) is 23.4 Å². The Hall–Kier alpha value is -1.76. The lowest BCUT2D eigenvalue weighted by atomic mass is 9.46. The summed E-state index contributed by atoms with van der Waals surface area (Å²) in [6, 6.07) is 0. The summed E-state index contributed by atoms with van der Waals surface area (Å²) in [5.41, 5.74) is 2.99. The van der Waals surface area contributed by atoms with Crippen molar-refractivity contribution in [3.05, 3.63) is 23.8 Å². The maximum Gasteiger partial charge on any atom is 0.184 e. The molecular formula is C30H51N3O5Si2. The molecule has 4 aliphatic carbocycles. The molecular weight excluding hydrogens is 539 g/mol. The Bertz CT molecular complexity index is 1080. The van der Waals surface area contributed by atoms with Crippen LogP contribution in [0, 0.1) is 34.5 Å². The molecule has 0 radical (unpaired) electrons. The molecule has 0 aliphatic heterocycles.